The third-order valence-electron chi connectivity index (χ3n) is 3.57. The minimum atomic E-state index is -0.0395. The molecule has 1 amide bonds. The summed E-state index contributed by atoms with van der Waals surface area (Å²) in [6.07, 6.45) is 0.359. The summed E-state index contributed by atoms with van der Waals surface area (Å²) in [5.74, 6) is -0.0395. The van der Waals surface area contributed by atoms with Crippen molar-refractivity contribution in [2.45, 2.75) is 20.3 Å². The normalized spacial score (nSPS) is 10.6. The van der Waals surface area contributed by atoms with Gasteiger partial charge in [0.1, 0.15) is 0 Å². The molecule has 0 radical (unpaired) electrons. The van der Waals surface area contributed by atoms with Crippen LogP contribution in [0, 0.1) is 13.8 Å². The van der Waals surface area contributed by atoms with Crippen molar-refractivity contribution in [3.63, 3.8) is 0 Å². The monoisotopic (exact) mass is 291 g/mol. The lowest BCUT2D eigenvalue weighted by molar-refractivity contribution is -0.115. The molecule has 1 heterocycles. The van der Waals surface area contributed by atoms with Crippen molar-refractivity contribution in [1.29, 1.82) is 0 Å². The molecule has 0 spiro atoms. The van der Waals surface area contributed by atoms with Crippen LogP contribution in [-0.4, -0.2) is 15.9 Å². The Morgan fingerprint density at radius 3 is 2.36 bits per heavy atom. The van der Waals surface area contributed by atoms with Gasteiger partial charge in [-0.2, -0.15) is 0 Å². The predicted molar refractivity (Wildman–Crippen MR) is 87.8 cm³/mol. The fourth-order valence-corrected chi connectivity index (χ4v) is 2.29. The van der Waals surface area contributed by atoms with E-state index in [9.17, 15) is 4.79 Å². The first-order chi connectivity index (χ1) is 10.6. The van der Waals surface area contributed by atoms with Crippen LogP contribution in [0.15, 0.2) is 48.5 Å². The minimum absolute atomic E-state index is 0.0395. The Bertz CT molecular complexity index is 828. The molecule has 0 aliphatic carbocycles. The second-order valence-electron chi connectivity index (χ2n) is 5.31. The maximum Gasteiger partial charge on any atom is 0.228 e. The minimum Gasteiger partial charge on any atom is -0.326 e. The van der Waals surface area contributed by atoms with Crippen molar-refractivity contribution in [2.75, 3.05) is 5.32 Å². The van der Waals surface area contributed by atoms with Crippen molar-refractivity contribution >= 4 is 22.6 Å². The van der Waals surface area contributed by atoms with Gasteiger partial charge in [0, 0.05) is 5.69 Å². The maximum absolute atomic E-state index is 12.1. The molecular formula is C18H17N3O. The summed E-state index contributed by atoms with van der Waals surface area (Å²) in [5, 5.41) is 2.91. The Kier molecular flexibility index (Phi) is 3.83. The van der Waals surface area contributed by atoms with E-state index >= 15 is 0 Å². The molecule has 4 nitrogen and oxygen atoms in total. The molecule has 4 heteroatoms. The highest BCUT2D eigenvalue weighted by Gasteiger charge is 2.06. The smallest absolute Gasteiger partial charge is 0.228 e. The van der Waals surface area contributed by atoms with Crippen LogP contribution in [0.25, 0.3) is 11.0 Å². The summed E-state index contributed by atoms with van der Waals surface area (Å²) in [6, 6.07) is 15.3. The van der Waals surface area contributed by atoms with Gasteiger partial charge in [0.05, 0.1) is 28.8 Å². The second-order valence-corrected chi connectivity index (χ2v) is 5.31. The summed E-state index contributed by atoms with van der Waals surface area (Å²) in [6.45, 7) is 3.87. The Morgan fingerprint density at radius 2 is 1.64 bits per heavy atom. The molecule has 0 bridgehead atoms. The van der Waals surface area contributed by atoms with Crippen LogP contribution < -0.4 is 5.32 Å². The fourth-order valence-electron chi connectivity index (χ4n) is 2.29. The zero-order valence-electron chi connectivity index (χ0n) is 12.6. The number of hydrogen-bond acceptors (Lipinski definition) is 3. The summed E-state index contributed by atoms with van der Waals surface area (Å²) in [5.41, 5.74) is 5.19. The van der Waals surface area contributed by atoms with Gasteiger partial charge >= 0.3 is 0 Å². The summed E-state index contributed by atoms with van der Waals surface area (Å²) >= 11 is 0. The van der Waals surface area contributed by atoms with Crippen LogP contribution in [0.1, 0.15) is 17.0 Å². The van der Waals surface area contributed by atoms with Crippen LogP contribution in [-0.2, 0) is 11.2 Å². The van der Waals surface area contributed by atoms with Crippen LogP contribution in [0.5, 0.6) is 0 Å². The van der Waals surface area contributed by atoms with E-state index in [1.807, 2.05) is 62.4 Å². The third-order valence-corrected chi connectivity index (χ3v) is 3.57. The number of carbonyl (C=O) groups excluding carboxylic acids is 1. The van der Waals surface area contributed by atoms with E-state index in [0.29, 0.717) is 6.42 Å². The molecule has 0 unspecified atom stereocenters. The van der Waals surface area contributed by atoms with Crippen molar-refractivity contribution in [2.24, 2.45) is 0 Å². The first-order valence-electron chi connectivity index (χ1n) is 7.20. The number of rotatable bonds is 3. The molecule has 0 fully saturated rings. The Hall–Kier alpha value is -2.75. The van der Waals surface area contributed by atoms with Crippen LogP contribution in [0.4, 0.5) is 5.69 Å². The first-order valence-corrected chi connectivity index (χ1v) is 7.20. The quantitative estimate of drug-likeness (QED) is 0.804. The molecule has 0 atom stereocenters. The number of aromatic nitrogens is 2. The number of benzene rings is 2. The summed E-state index contributed by atoms with van der Waals surface area (Å²) < 4.78 is 0. The number of fused-ring (bicyclic) bond motifs is 1. The van der Waals surface area contributed by atoms with E-state index in [1.165, 1.54) is 0 Å². The van der Waals surface area contributed by atoms with E-state index in [1.54, 1.807) is 0 Å². The molecule has 1 N–H and O–H groups in total. The molecule has 110 valence electrons. The Balaban J connectivity index is 1.79. The van der Waals surface area contributed by atoms with Gasteiger partial charge in [0.25, 0.3) is 0 Å². The van der Waals surface area contributed by atoms with Crippen LogP contribution >= 0.6 is 0 Å². The van der Waals surface area contributed by atoms with Gasteiger partial charge < -0.3 is 5.32 Å². The van der Waals surface area contributed by atoms with Crippen LogP contribution in [0.3, 0.4) is 0 Å². The lowest BCUT2D eigenvalue weighted by Crippen LogP contribution is -2.14. The van der Waals surface area contributed by atoms with Gasteiger partial charge in [-0.05, 0) is 37.6 Å². The van der Waals surface area contributed by atoms with E-state index in [2.05, 4.69) is 15.3 Å². The number of aryl methyl sites for hydroxylation is 2. The second kappa shape index (κ2) is 5.93. The molecule has 2 aromatic carbocycles. The standard InChI is InChI=1S/C18H17N3O/c1-12-13(2)20-17-11-15(8-9-16(17)19-12)21-18(22)10-14-6-4-3-5-7-14/h3-9,11H,10H2,1-2H3,(H,21,22). The molecule has 1 aromatic heterocycles. The van der Waals surface area contributed by atoms with Gasteiger partial charge in [0.2, 0.25) is 5.91 Å². The molecule has 0 saturated carbocycles. The van der Waals surface area contributed by atoms with Gasteiger partial charge in [-0.15, -0.1) is 0 Å². The fraction of sp³-hybridized carbons (Fsp3) is 0.167. The lowest BCUT2D eigenvalue weighted by atomic mass is 10.1. The van der Waals surface area contributed by atoms with Gasteiger partial charge in [-0.25, -0.2) is 9.97 Å². The molecule has 3 rings (SSSR count). The number of hydrogen-bond donors (Lipinski definition) is 1. The highest BCUT2D eigenvalue weighted by atomic mass is 16.1. The third kappa shape index (κ3) is 3.11. The predicted octanol–water partition coefficient (Wildman–Crippen LogP) is 3.43. The maximum atomic E-state index is 12.1. The van der Waals surface area contributed by atoms with Gasteiger partial charge in [-0.1, -0.05) is 30.3 Å². The number of anilines is 1. The lowest BCUT2D eigenvalue weighted by Gasteiger charge is -2.07. The van der Waals surface area contributed by atoms with Crippen LogP contribution in [0.2, 0.25) is 0 Å². The Morgan fingerprint density at radius 1 is 0.955 bits per heavy atom. The highest BCUT2D eigenvalue weighted by Crippen LogP contribution is 2.17. The first kappa shape index (κ1) is 14.2. The molecule has 0 saturated heterocycles. The zero-order chi connectivity index (χ0) is 15.5. The number of carbonyl (C=O) groups is 1. The van der Waals surface area contributed by atoms with Crippen molar-refractivity contribution < 1.29 is 4.79 Å². The average Bonchev–Trinajstić information content (AvgIpc) is 2.49. The van der Waals surface area contributed by atoms with E-state index in [-0.39, 0.29) is 5.91 Å². The molecular weight excluding hydrogens is 274 g/mol. The Labute approximate surface area is 129 Å². The molecule has 3 aromatic rings. The van der Waals surface area contributed by atoms with Crippen molar-refractivity contribution in [3.8, 4) is 0 Å². The van der Waals surface area contributed by atoms with Crippen molar-refractivity contribution in [3.05, 3.63) is 65.5 Å². The topological polar surface area (TPSA) is 54.9 Å². The van der Waals surface area contributed by atoms with Gasteiger partial charge in [-0.3, -0.25) is 4.79 Å². The summed E-state index contributed by atoms with van der Waals surface area (Å²) in [4.78, 5) is 21.1. The molecule has 0 aliphatic rings. The van der Waals surface area contributed by atoms with Gasteiger partial charge in [0.15, 0.2) is 0 Å². The number of nitrogens with one attached hydrogen (secondary N) is 1. The molecule has 22 heavy (non-hydrogen) atoms. The van der Waals surface area contributed by atoms with E-state index < -0.39 is 0 Å². The van der Waals surface area contributed by atoms with E-state index in [0.717, 1.165) is 33.7 Å². The van der Waals surface area contributed by atoms with Crippen molar-refractivity contribution in [1.82, 2.24) is 9.97 Å². The SMILES string of the molecule is Cc1nc2ccc(NC(=O)Cc3ccccc3)cc2nc1C. The average molecular weight is 291 g/mol. The molecule has 0 aliphatic heterocycles. The number of amides is 1. The number of nitrogens with zero attached hydrogens (tertiary/aromatic N) is 2. The van der Waals surface area contributed by atoms with E-state index in [4.69, 9.17) is 0 Å². The zero-order valence-corrected chi connectivity index (χ0v) is 12.6. The highest BCUT2D eigenvalue weighted by molar-refractivity contribution is 5.94. The largest absolute Gasteiger partial charge is 0.326 e. The summed E-state index contributed by atoms with van der Waals surface area (Å²) in [7, 11) is 0.